The third-order valence-electron chi connectivity index (χ3n) is 6.38. The lowest BCUT2D eigenvalue weighted by Crippen LogP contribution is -2.60. The Morgan fingerprint density at radius 3 is 2.23 bits per heavy atom. The summed E-state index contributed by atoms with van der Waals surface area (Å²) in [4.78, 5) is 2.13. The van der Waals surface area contributed by atoms with E-state index in [2.05, 4.69) is 13.8 Å². The lowest BCUT2D eigenvalue weighted by atomic mass is 9.98. The van der Waals surface area contributed by atoms with Crippen LogP contribution in [0.3, 0.4) is 0 Å². The van der Waals surface area contributed by atoms with Gasteiger partial charge in [0.2, 0.25) is 0 Å². The highest BCUT2D eigenvalue weighted by atomic mass is 32.2. The molecule has 8 nitrogen and oxygen atoms in total. The zero-order valence-electron chi connectivity index (χ0n) is 21.0. The van der Waals surface area contributed by atoms with Crippen molar-refractivity contribution in [1.82, 2.24) is 4.72 Å². The molecule has 2 N–H and O–H groups in total. The maximum atomic E-state index is 14.1. The maximum Gasteiger partial charge on any atom is 0.573 e. The SMILES string of the molecule is CCCN=S(=O)(N[C@H]1COC[C@@H](N2c3ccccc3Oc3ccccc32)[C@H]1O)c1ccc(OC(F)(F)F)cc1. The molecule has 39 heavy (non-hydrogen) atoms. The van der Waals surface area contributed by atoms with Gasteiger partial charge in [0.25, 0.3) is 0 Å². The van der Waals surface area contributed by atoms with Crippen LogP contribution in [-0.2, 0) is 14.7 Å². The molecule has 12 heteroatoms. The summed E-state index contributed by atoms with van der Waals surface area (Å²) in [7, 11) is -3.34. The number of halogens is 3. The van der Waals surface area contributed by atoms with Crippen molar-refractivity contribution in [3.63, 3.8) is 0 Å². The van der Waals surface area contributed by atoms with Gasteiger partial charge in [-0.2, -0.15) is 0 Å². The van der Waals surface area contributed by atoms with Gasteiger partial charge >= 0.3 is 6.36 Å². The van der Waals surface area contributed by atoms with Gasteiger partial charge in [0.15, 0.2) is 11.5 Å². The Hall–Kier alpha value is -3.32. The lowest BCUT2D eigenvalue weighted by Gasteiger charge is -2.44. The fraction of sp³-hybridized carbons (Fsp3) is 0.333. The molecule has 3 aromatic carbocycles. The standard InChI is InChI=1S/C27H28F3N3O5S/c1-2-15-31-39(35,19-13-11-18(12-14-19)38-27(28,29)30)32-20-16-36-17-23(26(20)34)33-21-7-3-5-9-24(21)37-25-10-6-4-8-22(25)33/h3-14,20,23,26,34H,2,15-17H2,1H3,(H,31,32,35)/t20-,23+,26-,39?/m0/s1. The van der Waals surface area contributed by atoms with Gasteiger partial charge in [-0.15, -0.1) is 13.2 Å². The lowest BCUT2D eigenvalue weighted by molar-refractivity contribution is -0.274. The minimum atomic E-state index is -4.84. The molecule has 1 saturated heterocycles. The summed E-state index contributed by atoms with van der Waals surface area (Å²) in [5.41, 5.74) is 1.50. The first kappa shape index (κ1) is 27.3. The Labute approximate surface area is 224 Å². The fourth-order valence-corrected chi connectivity index (χ4v) is 6.56. The Morgan fingerprint density at radius 2 is 1.64 bits per heavy atom. The third-order valence-corrected chi connectivity index (χ3v) is 8.46. The summed E-state index contributed by atoms with van der Waals surface area (Å²) in [6.07, 6.45) is -5.30. The summed E-state index contributed by atoms with van der Waals surface area (Å²) in [5.74, 6) is 0.817. The van der Waals surface area contributed by atoms with E-state index in [0.717, 1.165) is 23.5 Å². The van der Waals surface area contributed by atoms with Gasteiger partial charge in [-0.3, -0.25) is 0 Å². The minimum Gasteiger partial charge on any atom is -0.453 e. The Kier molecular flexibility index (Phi) is 7.72. The molecule has 2 aliphatic rings. The smallest absolute Gasteiger partial charge is 0.453 e. The summed E-state index contributed by atoms with van der Waals surface area (Å²) < 4.78 is 75.1. The Balaban J connectivity index is 1.45. The number of alkyl halides is 3. The molecule has 5 rings (SSSR count). The van der Waals surface area contributed by atoms with Crippen molar-refractivity contribution in [3.8, 4) is 17.2 Å². The molecule has 0 saturated carbocycles. The molecule has 0 aromatic heterocycles. The molecule has 2 heterocycles. The van der Waals surface area contributed by atoms with Crippen LogP contribution < -0.4 is 19.1 Å². The van der Waals surface area contributed by atoms with E-state index in [1.165, 1.54) is 12.1 Å². The summed E-state index contributed by atoms with van der Waals surface area (Å²) in [6.45, 7) is 2.35. The monoisotopic (exact) mass is 563 g/mol. The zero-order chi connectivity index (χ0) is 27.6. The summed E-state index contributed by atoms with van der Waals surface area (Å²) >= 11 is 0. The van der Waals surface area contributed by atoms with Crippen molar-refractivity contribution in [1.29, 1.82) is 0 Å². The molecule has 0 spiro atoms. The Morgan fingerprint density at radius 1 is 1.03 bits per heavy atom. The van der Waals surface area contributed by atoms with Gasteiger partial charge in [0.1, 0.15) is 15.7 Å². The highest BCUT2D eigenvalue weighted by Gasteiger charge is 2.41. The number of ether oxygens (including phenoxy) is 3. The Bertz CT molecular complexity index is 1380. The van der Waals surface area contributed by atoms with Crippen LogP contribution in [0.2, 0.25) is 0 Å². The summed E-state index contributed by atoms with van der Waals surface area (Å²) in [5, 5.41) is 11.6. The number of para-hydroxylation sites is 4. The quantitative estimate of drug-likeness (QED) is 0.400. The van der Waals surface area contributed by atoms with Crippen LogP contribution in [-0.4, -0.2) is 53.6 Å². The molecule has 3 aromatic rings. The van der Waals surface area contributed by atoms with Crippen LogP contribution in [0.1, 0.15) is 13.3 Å². The van der Waals surface area contributed by atoms with Crippen molar-refractivity contribution in [3.05, 3.63) is 72.8 Å². The molecule has 0 bridgehead atoms. The van der Waals surface area contributed by atoms with Crippen molar-refractivity contribution in [2.45, 2.75) is 42.8 Å². The van der Waals surface area contributed by atoms with Crippen LogP contribution in [0.4, 0.5) is 24.5 Å². The minimum absolute atomic E-state index is 0.0548. The van der Waals surface area contributed by atoms with E-state index in [-0.39, 0.29) is 24.7 Å². The predicted molar refractivity (Wildman–Crippen MR) is 140 cm³/mol. The van der Waals surface area contributed by atoms with Gasteiger partial charge < -0.3 is 24.2 Å². The van der Waals surface area contributed by atoms with Crippen LogP contribution in [0.15, 0.2) is 82.1 Å². The van der Waals surface area contributed by atoms with Gasteiger partial charge in [0.05, 0.1) is 47.7 Å². The van der Waals surface area contributed by atoms with Gasteiger partial charge in [-0.25, -0.2) is 13.3 Å². The first-order valence-electron chi connectivity index (χ1n) is 12.5. The van der Waals surface area contributed by atoms with E-state index in [1.54, 1.807) is 0 Å². The first-order chi connectivity index (χ1) is 18.7. The number of rotatable bonds is 7. The molecule has 4 atom stereocenters. The topological polar surface area (TPSA) is 92.6 Å². The number of aliphatic hydroxyl groups excluding tert-OH is 1. The number of anilines is 2. The van der Waals surface area contributed by atoms with Crippen molar-refractivity contribution < 1.29 is 36.7 Å². The molecule has 1 unspecified atom stereocenters. The second kappa shape index (κ2) is 11.0. The van der Waals surface area contributed by atoms with Gasteiger partial charge in [0, 0.05) is 6.54 Å². The van der Waals surface area contributed by atoms with Crippen LogP contribution >= 0.6 is 0 Å². The number of nitrogens with one attached hydrogen (secondary N) is 1. The zero-order valence-corrected chi connectivity index (χ0v) is 21.8. The van der Waals surface area contributed by atoms with Crippen LogP contribution in [0.5, 0.6) is 17.2 Å². The van der Waals surface area contributed by atoms with Gasteiger partial charge in [-0.1, -0.05) is 31.2 Å². The van der Waals surface area contributed by atoms with Crippen molar-refractivity contribution in [2.75, 3.05) is 24.7 Å². The van der Waals surface area contributed by atoms with E-state index in [1.807, 2.05) is 60.4 Å². The number of nitrogens with zero attached hydrogens (tertiary/aromatic N) is 2. The van der Waals surface area contributed by atoms with Crippen molar-refractivity contribution in [2.24, 2.45) is 4.36 Å². The number of hydrogen-bond acceptors (Lipinski definition) is 7. The average Bonchev–Trinajstić information content (AvgIpc) is 2.91. The van der Waals surface area contributed by atoms with E-state index < -0.39 is 40.2 Å². The third kappa shape index (κ3) is 5.83. The molecule has 0 radical (unpaired) electrons. The molecule has 2 aliphatic heterocycles. The number of benzene rings is 3. The first-order valence-corrected chi connectivity index (χ1v) is 14.0. The molecule has 1 fully saturated rings. The molecule has 0 amide bonds. The van der Waals surface area contributed by atoms with E-state index in [4.69, 9.17) is 9.47 Å². The maximum absolute atomic E-state index is 14.1. The van der Waals surface area contributed by atoms with Crippen molar-refractivity contribution >= 4 is 21.3 Å². The van der Waals surface area contributed by atoms with Crippen LogP contribution in [0, 0.1) is 0 Å². The number of fused-ring (bicyclic) bond motifs is 2. The highest BCUT2D eigenvalue weighted by molar-refractivity contribution is 7.91. The predicted octanol–water partition coefficient (Wildman–Crippen LogP) is 5.40. The van der Waals surface area contributed by atoms with E-state index >= 15 is 0 Å². The molecule has 208 valence electrons. The second-order valence-corrected chi connectivity index (χ2v) is 11.1. The molecule has 0 aliphatic carbocycles. The highest BCUT2D eigenvalue weighted by Crippen LogP contribution is 2.48. The molecular formula is C27H28F3N3O5S. The van der Waals surface area contributed by atoms with E-state index in [0.29, 0.717) is 17.9 Å². The number of hydrogen-bond donors (Lipinski definition) is 2. The summed E-state index contributed by atoms with van der Waals surface area (Å²) in [6, 6.07) is 18.3. The van der Waals surface area contributed by atoms with Gasteiger partial charge in [-0.05, 0) is 55.0 Å². The van der Waals surface area contributed by atoms with E-state index in [9.17, 15) is 22.5 Å². The average molecular weight is 564 g/mol. The molecular weight excluding hydrogens is 535 g/mol. The largest absolute Gasteiger partial charge is 0.573 e. The van der Waals surface area contributed by atoms with Crippen LogP contribution in [0.25, 0.3) is 0 Å². The fourth-order valence-electron chi connectivity index (χ4n) is 4.63. The second-order valence-electron chi connectivity index (χ2n) is 9.13. The normalized spacial score (nSPS) is 22.2. The number of aliphatic hydroxyl groups is 1.